The van der Waals surface area contributed by atoms with E-state index in [0.717, 1.165) is 5.56 Å². The third kappa shape index (κ3) is 7.57. The van der Waals surface area contributed by atoms with E-state index in [-0.39, 0.29) is 18.3 Å². The van der Waals surface area contributed by atoms with Gasteiger partial charge >= 0.3 is 0 Å². The Morgan fingerprint density at radius 2 is 2.10 bits per heavy atom. The van der Waals surface area contributed by atoms with Gasteiger partial charge in [0.25, 0.3) is 0 Å². The summed E-state index contributed by atoms with van der Waals surface area (Å²) in [5.74, 6) is 0.692. The molecule has 1 rings (SSSR count). The van der Waals surface area contributed by atoms with E-state index in [0.29, 0.717) is 23.8 Å². The van der Waals surface area contributed by atoms with E-state index in [1.807, 2.05) is 18.2 Å². The lowest BCUT2D eigenvalue weighted by atomic mass is 10.1. The van der Waals surface area contributed by atoms with Gasteiger partial charge < -0.3 is 15.8 Å². The number of methoxy groups -OCH3 is 1. The van der Waals surface area contributed by atoms with Crippen molar-refractivity contribution in [3.63, 3.8) is 0 Å². The molecule has 120 valence electrons. The van der Waals surface area contributed by atoms with Crippen LogP contribution in [-0.4, -0.2) is 35.1 Å². The molecule has 1 aromatic carbocycles. The number of carbonyl (C=O) groups excluding carboxylic acids is 1. The highest BCUT2D eigenvalue weighted by atomic mass is 35.5. The smallest absolute Gasteiger partial charge is 0.243 e. The molecule has 0 aliphatic rings. The standard InChI is InChI=1S/C14H22N2O3S.ClH/c1-14(2,15)13(17)16-12-6-4-5-11(9-12)10-20(18)8-7-19-3;/h4-6,9H,7-8,10,15H2,1-3H3,(H,16,17);1H. The maximum absolute atomic E-state index is 11.8. The van der Waals surface area contributed by atoms with Gasteiger partial charge in [-0.15, -0.1) is 12.4 Å². The van der Waals surface area contributed by atoms with Gasteiger partial charge in [0, 0.05) is 35.1 Å². The Hall–Kier alpha value is -0.950. The lowest BCUT2D eigenvalue weighted by molar-refractivity contribution is -0.120. The lowest BCUT2D eigenvalue weighted by Crippen LogP contribution is -2.45. The summed E-state index contributed by atoms with van der Waals surface area (Å²) in [7, 11) is 0.614. The zero-order valence-electron chi connectivity index (χ0n) is 12.5. The minimum atomic E-state index is -0.971. The molecule has 0 spiro atoms. The van der Waals surface area contributed by atoms with Gasteiger partial charge in [-0.05, 0) is 31.5 Å². The summed E-state index contributed by atoms with van der Waals surface area (Å²) in [5, 5.41) is 2.75. The van der Waals surface area contributed by atoms with Crippen molar-refractivity contribution in [1.29, 1.82) is 0 Å². The fourth-order valence-electron chi connectivity index (χ4n) is 1.47. The predicted octanol–water partition coefficient (Wildman–Crippen LogP) is 1.68. The van der Waals surface area contributed by atoms with Crippen LogP contribution < -0.4 is 11.1 Å². The number of hydrogen-bond donors (Lipinski definition) is 2. The van der Waals surface area contributed by atoms with Crippen LogP contribution in [0.2, 0.25) is 0 Å². The molecule has 1 atom stereocenters. The van der Waals surface area contributed by atoms with Crippen molar-refractivity contribution in [2.24, 2.45) is 5.73 Å². The minimum absolute atomic E-state index is 0. The first-order chi connectivity index (χ1) is 9.32. The van der Waals surface area contributed by atoms with Gasteiger partial charge in [-0.3, -0.25) is 9.00 Å². The molecule has 0 bridgehead atoms. The maximum atomic E-state index is 11.8. The second-order valence-corrected chi connectivity index (χ2v) is 6.73. The number of carbonyl (C=O) groups is 1. The Morgan fingerprint density at radius 1 is 1.43 bits per heavy atom. The number of hydrogen-bond acceptors (Lipinski definition) is 4. The number of amides is 1. The van der Waals surface area contributed by atoms with Gasteiger partial charge in [0.05, 0.1) is 12.1 Å². The molecule has 1 amide bonds. The fraction of sp³-hybridized carbons (Fsp3) is 0.500. The summed E-state index contributed by atoms with van der Waals surface area (Å²) in [5.41, 5.74) is 6.36. The summed E-state index contributed by atoms with van der Waals surface area (Å²) in [4.78, 5) is 11.8. The van der Waals surface area contributed by atoms with Gasteiger partial charge in [0.2, 0.25) is 5.91 Å². The van der Waals surface area contributed by atoms with Gasteiger partial charge in [-0.2, -0.15) is 0 Å². The van der Waals surface area contributed by atoms with E-state index in [9.17, 15) is 9.00 Å². The topological polar surface area (TPSA) is 81.4 Å². The van der Waals surface area contributed by atoms with Crippen LogP contribution in [0, 0.1) is 0 Å². The number of benzene rings is 1. The number of halogens is 1. The van der Waals surface area contributed by atoms with Crippen LogP contribution in [0.15, 0.2) is 24.3 Å². The van der Waals surface area contributed by atoms with Gasteiger partial charge in [0.1, 0.15) is 0 Å². The summed E-state index contributed by atoms with van der Waals surface area (Å²) >= 11 is 0. The van der Waals surface area contributed by atoms with Crippen LogP contribution >= 0.6 is 12.4 Å². The minimum Gasteiger partial charge on any atom is -0.384 e. The Bertz CT molecular complexity index is 489. The second-order valence-electron chi connectivity index (χ2n) is 5.16. The Morgan fingerprint density at radius 3 is 2.67 bits per heavy atom. The van der Waals surface area contributed by atoms with Crippen LogP contribution in [-0.2, 0) is 26.1 Å². The van der Waals surface area contributed by atoms with Gasteiger partial charge in [-0.25, -0.2) is 0 Å². The Labute approximate surface area is 134 Å². The molecule has 0 radical (unpaired) electrons. The summed E-state index contributed by atoms with van der Waals surface area (Å²) in [6.45, 7) is 3.77. The molecule has 0 aliphatic carbocycles. The molecular formula is C14H23ClN2O3S. The third-order valence-corrected chi connectivity index (χ3v) is 3.89. The first-order valence-electron chi connectivity index (χ1n) is 6.36. The molecule has 0 fully saturated rings. The van der Waals surface area contributed by atoms with Crippen LogP contribution in [0.25, 0.3) is 0 Å². The van der Waals surface area contributed by atoms with Crippen molar-refractivity contribution in [2.45, 2.75) is 25.1 Å². The molecular weight excluding hydrogens is 312 g/mol. The summed E-state index contributed by atoms with van der Waals surface area (Å²) < 4.78 is 16.7. The highest BCUT2D eigenvalue weighted by molar-refractivity contribution is 7.84. The largest absolute Gasteiger partial charge is 0.384 e. The van der Waals surface area contributed by atoms with Crippen molar-refractivity contribution >= 4 is 34.8 Å². The van der Waals surface area contributed by atoms with Crippen LogP contribution in [0.4, 0.5) is 5.69 Å². The molecule has 1 unspecified atom stereocenters. The molecule has 0 saturated carbocycles. The van der Waals surface area contributed by atoms with E-state index in [4.69, 9.17) is 10.5 Å². The van der Waals surface area contributed by atoms with Crippen molar-refractivity contribution in [1.82, 2.24) is 0 Å². The molecule has 3 N–H and O–H groups in total. The highest BCUT2D eigenvalue weighted by Crippen LogP contribution is 2.14. The second kappa shape index (κ2) is 9.15. The number of nitrogens with two attached hydrogens (primary N) is 1. The normalized spacial score (nSPS) is 12.4. The van der Waals surface area contributed by atoms with Gasteiger partial charge in [0.15, 0.2) is 0 Å². The van der Waals surface area contributed by atoms with E-state index in [1.54, 1.807) is 27.0 Å². The SMILES string of the molecule is COCCS(=O)Cc1cccc(NC(=O)C(C)(C)N)c1.Cl. The zero-order chi connectivity index (χ0) is 15.2. The summed E-state index contributed by atoms with van der Waals surface area (Å²) in [6, 6.07) is 7.30. The van der Waals surface area contributed by atoms with Crippen molar-refractivity contribution in [2.75, 3.05) is 24.8 Å². The number of rotatable bonds is 7. The zero-order valence-corrected chi connectivity index (χ0v) is 14.2. The fourth-order valence-corrected chi connectivity index (χ4v) is 2.51. The number of ether oxygens (including phenoxy) is 1. The number of nitrogens with one attached hydrogen (secondary N) is 1. The number of anilines is 1. The van der Waals surface area contributed by atoms with E-state index < -0.39 is 16.3 Å². The van der Waals surface area contributed by atoms with Crippen molar-refractivity contribution in [3.8, 4) is 0 Å². The predicted molar refractivity (Wildman–Crippen MR) is 89.2 cm³/mol. The monoisotopic (exact) mass is 334 g/mol. The first kappa shape index (κ1) is 20.1. The van der Waals surface area contributed by atoms with Gasteiger partial charge in [-0.1, -0.05) is 12.1 Å². The molecule has 0 saturated heterocycles. The average Bonchev–Trinajstić information content (AvgIpc) is 2.35. The lowest BCUT2D eigenvalue weighted by Gasteiger charge is -2.18. The van der Waals surface area contributed by atoms with E-state index >= 15 is 0 Å². The Kier molecular flexibility index (Phi) is 8.73. The van der Waals surface area contributed by atoms with Crippen molar-refractivity contribution in [3.05, 3.63) is 29.8 Å². The molecule has 7 heteroatoms. The van der Waals surface area contributed by atoms with E-state index in [1.165, 1.54) is 0 Å². The molecule has 21 heavy (non-hydrogen) atoms. The molecule has 0 heterocycles. The van der Waals surface area contributed by atoms with Crippen LogP contribution in [0.5, 0.6) is 0 Å². The van der Waals surface area contributed by atoms with Crippen LogP contribution in [0.1, 0.15) is 19.4 Å². The summed E-state index contributed by atoms with van der Waals surface area (Å²) in [6.07, 6.45) is 0. The Balaban J connectivity index is 0.00000400. The van der Waals surface area contributed by atoms with E-state index in [2.05, 4.69) is 5.32 Å². The highest BCUT2D eigenvalue weighted by Gasteiger charge is 2.21. The molecule has 5 nitrogen and oxygen atoms in total. The van der Waals surface area contributed by atoms with Crippen LogP contribution in [0.3, 0.4) is 0 Å². The average molecular weight is 335 g/mol. The maximum Gasteiger partial charge on any atom is 0.243 e. The molecule has 0 aliphatic heterocycles. The first-order valence-corrected chi connectivity index (χ1v) is 7.85. The third-order valence-electron chi connectivity index (χ3n) is 2.61. The quantitative estimate of drug-likeness (QED) is 0.795. The molecule has 1 aromatic rings. The molecule has 0 aromatic heterocycles. The van der Waals surface area contributed by atoms with Crippen molar-refractivity contribution < 1.29 is 13.7 Å².